The summed E-state index contributed by atoms with van der Waals surface area (Å²) in [5.74, 6) is 0. The minimum atomic E-state index is -2.92. The Morgan fingerprint density at radius 2 is 0.667 bits per heavy atom. The molecule has 0 spiro atoms. The van der Waals surface area contributed by atoms with Crippen molar-refractivity contribution in [3.8, 4) is 0 Å². The van der Waals surface area contributed by atoms with Gasteiger partial charge in [-0.15, -0.1) is 0 Å². The van der Waals surface area contributed by atoms with E-state index in [1.54, 1.807) is 74.9 Å². The molecule has 0 aliphatic rings. The standard InChI is InChI=1S/4C3H4N2.BO3.3K/c4*1-2-5-3-4-1;2-1(3)4;;;/h4*1-3H,(H,4,5);;;;/q;;;;-3;3*+1. The topological polar surface area (TPSA) is 184 Å². The van der Waals surface area contributed by atoms with Crippen molar-refractivity contribution in [2.45, 2.75) is 0 Å². The maximum atomic E-state index is 8.42. The molecule has 0 aliphatic heterocycles. The van der Waals surface area contributed by atoms with E-state index in [2.05, 4.69) is 39.9 Å². The summed E-state index contributed by atoms with van der Waals surface area (Å²) < 4.78 is 0. The Balaban J connectivity index is -0.000000120. The molecule has 4 aromatic heterocycles. The molecule has 0 unspecified atom stereocenters. The van der Waals surface area contributed by atoms with Crippen molar-refractivity contribution < 1.29 is 169 Å². The molecular formula is C12H16BK3N8O3. The number of nitrogens with zero attached hydrogens (tertiary/aromatic N) is 4. The first-order valence-electron chi connectivity index (χ1n) is 6.42. The SMILES string of the molecule is [K+].[K+].[K+].[O-]B([O-])[O-].c1c[nH]cn1.c1c[nH]cn1.c1c[nH]cn1.c1c[nH]cn1. The maximum Gasteiger partial charge on any atom is 1.00 e. The van der Waals surface area contributed by atoms with Crippen LogP contribution >= 0.6 is 0 Å². The number of nitrogens with one attached hydrogen (secondary N) is 4. The Labute approximate surface area is 284 Å². The molecule has 0 atom stereocenters. The molecule has 0 radical (unpaired) electrons. The molecule has 15 heteroatoms. The van der Waals surface area contributed by atoms with Crippen molar-refractivity contribution in [3.05, 3.63) is 74.9 Å². The van der Waals surface area contributed by atoms with E-state index < -0.39 is 7.32 Å². The summed E-state index contributed by atoms with van der Waals surface area (Å²) >= 11 is 0. The Hall–Kier alpha value is 1.69. The van der Waals surface area contributed by atoms with E-state index in [0.29, 0.717) is 0 Å². The Bertz CT molecular complexity index is 421. The number of hydrogen-bond donors (Lipinski definition) is 4. The zero-order valence-corrected chi connectivity index (χ0v) is 24.9. The molecule has 0 aromatic carbocycles. The quantitative estimate of drug-likeness (QED) is 0.192. The molecule has 0 saturated heterocycles. The van der Waals surface area contributed by atoms with Crippen LogP contribution < -0.4 is 169 Å². The molecular weight excluding hydrogens is 432 g/mol. The van der Waals surface area contributed by atoms with Gasteiger partial charge in [0.25, 0.3) is 0 Å². The van der Waals surface area contributed by atoms with Gasteiger partial charge < -0.3 is 35.0 Å². The number of aromatic amines is 4. The average Bonchev–Trinajstić information content (AvgIpc) is 3.46. The number of hydrogen-bond acceptors (Lipinski definition) is 7. The Morgan fingerprint density at radius 1 is 0.481 bits per heavy atom. The molecule has 27 heavy (non-hydrogen) atoms. The van der Waals surface area contributed by atoms with Gasteiger partial charge in [-0.25, -0.2) is 19.9 Å². The zero-order chi connectivity index (χ0) is 17.7. The largest absolute Gasteiger partial charge is 1.00 e. The summed E-state index contributed by atoms with van der Waals surface area (Å²) in [6, 6.07) is 0. The van der Waals surface area contributed by atoms with Gasteiger partial charge in [-0.1, -0.05) is 0 Å². The molecule has 0 amide bonds. The zero-order valence-electron chi connectivity index (χ0n) is 15.5. The van der Waals surface area contributed by atoms with Gasteiger partial charge in [0.1, 0.15) is 0 Å². The fraction of sp³-hybridized carbons (Fsp3) is 0. The maximum absolute atomic E-state index is 8.42. The second kappa shape index (κ2) is 32.4. The van der Waals surface area contributed by atoms with Crippen LogP contribution in [0, 0.1) is 0 Å². The van der Waals surface area contributed by atoms with Crippen LogP contribution in [0.15, 0.2) is 74.9 Å². The minimum absolute atomic E-state index is 0. The van der Waals surface area contributed by atoms with Crippen molar-refractivity contribution in [1.82, 2.24) is 39.9 Å². The van der Waals surface area contributed by atoms with Crippen LogP contribution in [0.25, 0.3) is 0 Å². The third-order valence-corrected chi connectivity index (χ3v) is 1.62. The van der Waals surface area contributed by atoms with Crippen LogP contribution in [0.1, 0.15) is 0 Å². The van der Waals surface area contributed by atoms with Gasteiger partial charge in [0.05, 0.1) is 25.3 Å². The first kappa shape index (κ1) is 36.1. The molecule has 0 saturated carbocycles. The predicted octanol–water partition coefficient (Wildman–Crippen LogP) is -11.3. The molecule has 4 aromatic rings. The number of H-pyrrole nitrogens is 4. The third kappa shape index (κ3) is 38.8. The van der Waals surface area contributed by atoms with Gasteiger partial charge in [0.2, 0.25) is 0 Å². The number of rotatable bonds is 0. The van der Waals surface area contributed by atoms with Crippen LogP contribution in [0.4, 0.5) is 0 Å². The summed E-state index contributed by atoms with van der Waals surface area (Å²) in [4.78, 5) is 25.7. The van der Waals surface area contributed by atoms with Gasteiger partial charge in [0.15, 0.2) is 0 Å². The van der Waals surface area contributed by atoms with E-state index in [1.807, 2.05) is 0 Å². The van der Waals surface area contributed by atoms with Crippen molar-refractivity contribution in [3.63, 3.8) is 0 Å². The average molecular weight is 448 g/mol. The van der Waals surface area contributed by atoms with Crippen LogP contribution in [0.3, 0.4) is 0 Å². The molecule has 0 fully saturated rings. The van der Waals surface area contributed by atoms with Crippen molar-refractivity contribution in [2.75, 3.05) is 0 Å². The van der Waals surface area contributed by atoms with E-state index in [9.17, 15) is 0 Å². The molecule has 0 bridgehead atoms. The number of imidazole rings is 4. The molecule has 4 rings (SSSR count). The van der Waals surface area contributed by atoms with Crippen LogP contribution in [-0.4, -0.2) is 47.2 Å². The summed E-state index contributed by atoms with van der Waals surface area (Å²) in [5.41, 5.74) is 0. The molecule has 11 nitrogen and oxygen atoms in total. The van der Waals surface area contributed by atoms with Crippen molar-refractivity contribution in [2.24, 2.45) is 0 Å². The Morgan fingerprint density at radius 3 is 0.704 bits per heavy atom. The van der Waals surface area contributed by atoms with Gasteiger partial charge in [0, 0.05) is 49.6 Å². The second-order valence-electron chi connectivity index (χ2n) is 3.33. The van der Waals surface area contributed by atoms with Crippen LogP contribution in [0.5, 0.6) is 0 Å². The second-order valence-corrected chi connectivity index (χ2v) is 3.33. The summed E-state index contributed by atoms with van der Waals surface area (Å²) in [6.45, 7) is 0. The first-order chi connectivity index (χ1) is 11.7. The van der Waals surface area contributed by atoms with E-state index in [0.717, 1.165) is 0 Å². The number of aromatic nitrogens is 8. The smallest absolute Gasteiger partial charge is 0.907 e. The van der Waals surface area contributed by atoms with Gasteiger partial charge in [-0.05, 0) is 0 Å². The molecule has 4 heterocycles. The van der Waals surface area contributed by atoms with E-state index >= 15 is 0 Å². The van der Waals surface area contributed by atoms with E-state index in [-0.39, 0.29) is 154 Å². The Kier molecular flexibility index (Phi) is 43.3. The van der Waals surface area contributed by atoms with Crippen molar-refractivity contribution >= 4 is 7.32 Å². The summed E-state index contributed by atoms with van der Waals surface area (Å²) in [5, 5.41) is 25.2. The van der Waals surface area contributed by atoms with Gasteiger partial charge in [-0.3, -0.25) is 7.32 Å². The summed E-state index contributed by atoms with van der Waals surface area (Å²) in [7, 11) is -2.92. The first-order valence-corrected chi connectivity index (χ1v) is 6.42. The van der Waals surface area contributed by atoms with E-state index in [1.165, 1.54) is 0 Å². The van der Waals surface area contributed by atoms with Crippen molar-refractivity contribution in [1.29, 1.82) is 0 Å². The van der Waals surface area contributed by atoms with Crippen LogP contribution in [-0.2, 0) is 0 Å². The molecule has 128 valence electrons. The minimum Gasteiger partial charge on any atom is -0.907 e. The van der Waals surface area contributed by atoms with Gasteiger partial charge in [-0.2, -0.15) is 0 Å². The predicted molar refractivity (Wildman–Crippen MR) is 80.1 cm³/mol. The van der Waals surface area contributed by atoms with Crippen LogP contribution in [0.2, 0.25) is 0 Å². The third-order valence-electron chi connectivity index (χ3n) is 1.62. The molecule has 4 N–H and O–H groups in total. The van der Waals surface area contributed by atoms with Gasteiger partial charge >= 0.3 is 154 Å². The molecule has 0 aliphatic carbocycles. The monoisotopic (exact) mass is 448 g/mol. The summed E-state index contributed by atoms with van der Waals surface area (Å²) in [6.07, 6.45) is 20.3. The normalized spacial score (nSPS) is 6.93. The fourth-order valence-corrected chi connectivity index (χ4v) is 0.861. The van der Waals surface area contributed by atoms with E-state index in [4.69, 9.17) is 15.1 Å². The fourth-order valence-electron chi connectivity index (χ4n) is 0.861.